The number of aryl methyl sites for hydroxylation is 1. The minimum atomic E-state index is -0.706. The summed E-state index contributed by atoms with van der Waals surface area (Å²) in [5.74, 6) is -0.139. The number of thiazole rings is 1. The van der Waals surface area contributed by atoms with Gasteiger partial charge in [0.05, 0.1) is 35.1 Å². The third kappa shape index (κ3) is 4.93. The van der Waals surface area contributed by atoms with E-state index in [1.165, 1.54) is 23.5 Å². The van der Waals surface area contributed by atoms with E-state index >= 15 is 0 Å². The fourth-order valence-corrected chi connectivity index (χ4v) is 6.06. The van der Waals surface area contributed by atoms with Crippen LogP contribution in [-0.4, -0.2) is 28.3 Å². The largest absolute Gasteiger partial charge is 0.497 e. The van der Waals surface area contributed by atoms with Crippen LogP contribution < -0.4 is 19.6 Å². The zero-order valence-corrected chi connectivity index (χ0v) is 24.0. The van der Waals surface area contributed by atoms with E-state index in [9.17, 15) is 14.0 Å². The number of allylic oxidation sites excluding steroid dienone is 1. The lowest BCUT2D eigenvalue weighted by Crippen LogP contribution is -2.40. The predicted octanol–water partition coefficient (Wildman–Crippen LogP) is 4.74. The van der Waals surface area contributed by atoms with Gasteiger partial charge in [-0.05, 0) is 94.3 Å². The quantitative estimate of drug-likeness (QED) is 0.320. The van der Waals surface area contributed by atoms with Crippen LogP contribution in [0.5, 0.6) is 5.75 Å². The minimum absolute atomic E-state index is 0.251. The monoisotopic (exact) mass is 559 g/mol. The first-order chi connectivity index (χ1) is 19.1. The maximum Gasteiger partial charge on any atom is 0.338 e. The first-order valence-corrected chi connectivity index (χ1v) is 13.7. The molecule has 0 N–H and O–H groups in total. The van der Waals surface area contributed by atoms with Gasteiger partial charge in [-0.15, -0.1) is 0 Å². The summed E-state index contributed by atoms with van der Waals surface area (Å²) in [5, 5.41) is 0. The normalized spacial score (nSPS) is 15.3. The van der Waals surface area contributed by atoms with E-state index in [0.717, 1.165) is 28.2 Å². The molecule has 0 amide bonds. The average molecular weight is 560 g/mol. The topological polar surface area (TPSA) is 74.8 Å². The minimum Gasteiger partial charge on any atom is -0.497 e. The van der Waals surface area contributed by atoms with Gasteiger partial charge in [-0.3, -0.25) is 9.36 Å². The third-order valence-corrected chi connectivity index (χ3v) is 7.84. The van der Waals surface area contributed by atoms with Crippen molar-refractivity contribution in [3.05, 3.63) is 114 Å². The Morgan fingerprint density at radius 1 is 1.07 bits per heavy atom. The van der Waals surface area contributed by atoms with Crippen molar-refractivity contribution >= 4 is 23.4 Å². The summed E-state index contributed by atoms with van der Waals surface area (Å²) in [5.41, 5.74) is 4.89. The van der Waals surface area contributed by atoms with E-state index in [-0.39, 0.29) is 17.5 Å². The van der Waals surface area contributed by atoms with E-state index in [4.69, 9.17) is 9.47 Å². The van der Waals surface area contributed by atoms with Crippen molar-refractivity contribution in [3.63, 3.8) is 0 Å². The molecule has 3 heterocycles. The van der Waals surface area contributed by atoms with Gasteiger partial charge in [0.15, 0.2) is 4.80 Å². The summed E-state index contributed by atoms with van der Waals surface area (Å²) in [7, 11) is 1.58. The molecule has 1 atom stereocenters. The van der Waals surface area contributed by atoms with Gasteiger partial charge in [0.2, 0.25) is 0 Å². The summed E-state index contributed by atoms with van der Waals surface area (Å²) in [4.78, 5) is 32.4. The lowest BCUT2D eigenvalue weighted by Gasteiger charge is -2.25. The number of aromatic nitrogens is 2. The molecule has 1 aliphatic heterocycles. The Morgan fingerprint density at radius 3 is 2.38 bits per heavy atom. The summed E-state index contributed by atoms with van der Waals surface area (Å²) >= 11 is 1.27. The number of hydrogen-bond donors (Lipinski definition) is 0. The standard InChI is InChI=1S/C31H30FN3O4S/c1-17(2)39-30(37)27-19(4)33-31-35(28(27)21-7-13-25(38-6)14-8-21)29(36)26(40-31)16-22-15-18(3)34(20(22)5)24-11-9-23(32)10-12-24/h7-17,28H,1-6H3/b26-16-. The fourth-order valence-electron chi connectivity index (χ4n) is 5.02. The van der Waals surface area contributed by atoms with Crippen LogP contribution in [0.4, 0.5) is 4.39 Å². The highest BCUT2D eigenvalue weighted by atomic mass is 32.1. The SMILES string of the molecule is COc1ccc(C2C(C(=O)OC(C)C)=C(C)N=c3s/c(=C\c4cc(C)n(-c5ccc(F)cc5)c4C)c(=O)n32)cc1. The van der Waals surface area contributed by atoms with E-state index in [0.29, 0.717) is 26.4 Å². The van der Waals surface area contributed by atoms with E-state index in [1.54, 1.807) is 56.7 Å². The van der Waals surface area contributed by atoms with Gasteiger partial charge in [0.25, 0.3) is 5.56 Å². The number of carbonyl (C=O) groups is 1. The van der Waals surface area contributed by atoms with Crippen LogP contribution in [0.15, 0.2) is 75.7 Å². The molecule has 0 saturated heterocycles. The van der Waals surface area contributed by atoms with Gasteiger partial charge in [0, 0.05) is 17.1 Å². The molecule has 0 radical (unpaired) electrons. The Kier molecular flexibility index (Phi) is 7.33. The molecule has 1 unspecified atom stereocenters. The van der Waals surface area contributed by atoms with Crippen molar-refractivity contribution in [2.75, 3.05) is 7.11 Å². The van der Waals surface area contributed by atoms with Gasteiger partial charge < -0.3 is 14.0 Å². The molecule has 206 valence electrons. The molecule has 5 rings (SSSR count). The van der Waals surface area contributed by atoms with Crippen molar-refractivity contribution in [1.82, 2.24) is 9.13 Å². The lowest BCUT2D eigenvalue weighted by atomic mass is 9.96. The number of carbonyl (C=O) groups excluding carboxylic acids is 1. The Bertz CT molecular complexity index is 1810. The molecule has 40 heavy (non-hydrogen) atoms. The molecule has 1 aliphatic rings. The van der Waals surface area contributed by atoms with Gasteiger partial charge in [-0.2, -0.15) is 0 Å². The number of ether oxygens (including phenoxy) is 2. The number of fused-ring (bicyclic) bond motifs is 1. The molecule has 2 aromatic heterocycles. The van der Waals surface area contributed by atoms with Crippen LogP contribution in [-0.2, 0) is 9.53 Å². The maximum absolute atomic E-state index is 14.0. The number of nitrogens with zero attached hydrogens (tertiary/aromatic N) is 3. The van der Waals surface area contributed by atoms with Crippen molar-refractivity contribution in [1.29, 1.82) is 0 Å². The van der Waals surface area contributed by atoms with Crippen molar-refractivity contribution < 1.29 is 18.7 Å². The number of benzene rings is 2. The number of methoxy groups -OCH3 is 1. The van der Waals surface area contributed by atoms with Crippen LogP contribution in [0.25, 0.3) is 11.8 Å². The molecule has 7 nitrogen and oxygen atoms in total. The Morgan fingerprint density at radius 2 is 1.75 bits per heavy atom. The molecule has 9 heteroatoms. The maximum atomic E-state index is 14.0. The first kappa shape index (κ1) is 27.3. The molecule has 0 saturated carbocycles. The predicted molar refractivity (Wildman–Crippen MR) is 153 cm³/mol. The molecule has 0 bridgehead atoms. The second-order valence-electron chi connectivity index (χ2n) is 9.95. The molecule has 0 fully saturated rings. The van der Waals surface area contributed by atoms with Crippen molar-refractivity contribution in [2.45, 2.75) is 46.8 Å². The van der Waals surface area contributed by atoms with E-state index in [1.807, 2.05) is 42.7 Å². The van der Waals surface area contributed by atoms with Gasteiger partial charge in [-0.1, -0.05) is 23.5 Å². The molecule has 0 aliphatic carbocycles. The second-order valence-corrected chi connectivity index (χ2v) is 11.0. The summed E-state index contributed by atoms with van der Waals surface area (Å²) in [6.07, 6.45) is 1.52. The van der Waals surface area contributed by atoms with Crippen LogP contribution >= 0.6 is 11.3 Å². The first-order valence-electron chi connectivity index (χ1n) is 12.9. The van der Waals surface area contributed by atoms with Crippen LogP contribution in [0.1, 0.15) is 49.3 Å². The van der Waals surface area contributed by atoms with E-state index < -0.39 is 12.0 Å². The molecule has 0 spiro atoms. The zero-order valence-electron chi connectivity index (χ0n) is 23.2. The summed E-state index contributed by atoms with van der Waals surface area (Å²) in [6, 6.07) is 14.9. The van der Waals surface area contributed by atoms with Crippen LogP contribution in [0.3, 0.4) is 0 Å². The number of hydrogen-bond acceptors (Lipinski definition) is 6. The number of halogens is 1. The fraction of sp³-hybridized carbons (Fsp3) is 0.258. The van der Waals surface area contributed by atoms with Gasteiger partial charge in [-0.25, -0.2) is 14.2 Å². The van der Waals surface area contributed by atoms with Gasteiger partial charge in [0.1, 0.15) is 11.6 Å². The average Bonchev–Trinajstić information content (AvgIpc) is 3.37. The molecule has 2 aromatic carbocycles. The Hall–Kier alpha value is -4.24. The van der Waals surface area contributed by atoms with Crippen molar-refractivity contribution in [3.8, 4) is 11.4 Å². The van der Waals surface area contributed by atoms with E-state index in [2.05, 4.69) is 4.99 Å². The zero-order chi connectivity index (χ0) is 28.7. The summed E-state index contributed by atoms with van der Waals surface area (Å²) < 4.78 is 28.5. The smallest absolute Gasteiger partial charge is 0.338 e. The Labute approximate surface area is 235 Å². The third-order valence-electron chi connectivity index (χ3n) is 6.86. The second kappa shape index (κ2) is 10.7. The van der Waals surface area contributed by atoms with Gasteiger partial charge >= 0.3 is 5.97 Å². The molecular formula is C31H30FN3O4S. The van der Waals surface area contributed by atoms with Crippen LogP contribution in [0.2, 0.25) is 0 Å². The highest BCUT2D eigenvalue weighted by Gasteiger charge is 2.33. The highest BCUT2D eigenvalue weighted by molar-refractivity contribution is 7.07. The number of esters is 1. The molecular weight excluding hydrogens is 529 g/mol. The summed E-state index contributed by atoms with van der Waals surface area (Å²) in [6.45, 7) is 9.26. The lowest BCUT2D eigenvalue weighted by molar-refractivity contribution is -0.143. The van der Waals surface area contributed by atoms with Crippen LogP contribution in [0, 0.1) is 19.7 Å². The highest BCUT2D eigenvalue weighted by Crippen LogP contribution is 2.32. The number of rotatable bonds is 6. The molecule has 4 aromatic rings. The van der Waals surface area contributed by atoms with Crippen molar-refractivity contribution in [2.24, 2.45) is 4.99 Å². The Balaban J connectivity index is 1.67.